The van der Waals surface area contributed by atoms with Crippen LogP contribution in [0, 0.1) is 5.82 Å². The highest BCUT2D eigenvalue weighted by molar-refractivity contribution is 6.04. The maximum atomic E-state index is 13.2. The Morgan fingerprint density at radius 2 is 1.88 bits per heavy atom. The third-order valence-electron chi connectivity index (χ3n) is 5.79. The van der Waals surface area contributed by atoms with Crippen molar-refractivity contribution in [2.24, 2.45) is 5.73 Å². The lowest BCUT2D eigenvalue weighted by atomic mass is 10.0. The maximum Gasteiger partial charge on any atom is 0.319 e. The van der Waals surface area contributed by atoms with Gasteiger partial charge < -0.3 is 21.3 Å². The first-order valence-corrected chi connectivity index (χ1v) is 10.3. The smallest absolute Gasteiger partial charge is 0.319 e. The minimum Gasteiger partial charge on any atom is -0.330 e. The van der Waals surface area contributed by atoms with E-state index < -0.39 is 17.3 Å². The van der Waals surface area contributed by atoms with Crippen LogP contribution in [0.5, 0.6) is 0 Å². The third kappa shape index (κ3) is 3.94. The molecule has 1 aliphatic heterocycles. The van der Waals surface area contributed by atoms with E-state index >= 15 is 0 Å². The van der Waals surface area contributed by atoms with Crippen LogP contribution < -0.4 is 16.4 Å². The molecule has 0 bridgehead atoms. The number of hydrogen-bond acceptors (Lipinski definition) is 4. The molecule has 0 unspecified atom stereocenters. The highest BCUT2D eigenvalue weighted by Gasteiger charge is 2.44. The molecule has 0 saturated heterocycles. The Labute approximate surface area is 185 Å². The van der Waals surface area contributed by atoms with E-state index in [1.165, 1.54) is 24.3 Å². The van der Waals surface area contributed by atoms with E-state index in [0.29, 0.717) is 11.4 Å². The second-order valence-electron chi connectivity index (χ2n) is 8.18. The third-order valence-corrected chi connectivity index (χ3v) is 5.79. The molecule has 0 spiro atoms. The number of hydrogen-bond donors (Lipinski definition) is 4. The van der Waals surface area contributed by atoms with Crippen LogP contribution in [0.15, 0.2) is 54.6 Å². The number of nitrogens with one attached hydrogen (secondary N) is 3. The first-order valence-electron chi connectivity index (χ1n) is 10.3. The molecule has 0 radical (unpaired) electrons. The van der Waals surface area contributed by atoms with Crippen molar-refractivity contribution in [3.8, 4) is 0 Å². The van der Waals surface area contributed by atoms with Gasteiger partial charge in [0.25, 0.3) is 5.91 Å². The normalized spacial score (nSPS) is 15.2. The Morgan fingerprint density at radius 1 is 1.19 bits per heavy atom. The number of carbonyl (C=O) groups excluding carboxylic acids is 2. The molecule has 8 nitrogen and oxygen atoms in total. The standard InChI is InChI=1S/C23H25FN6O2/c1-23(2)19-17(20(29-28-19)27-21(31)15-8-10-16(24)11-9-15)13-30(23)22(32)26-18(12-25)14-6-4-3-5-7-14/h3-11,18H,12-13,25H2,1-2H3,(H,26,32)(H2,27,28,29,31)/t18-/m1/s1. The number of urea groups is 1. The van der Waals surface area contributed by atoms with Crippen molar-refractivity contribution in [1.29, 1.82) is 0 Å². The lowest BCUT2D eigenvalue weighted by molar-refractivity contribution is 0.102. The molecule has 5 N–H and O–H groups in total. The fraction of sp³-hybridized carbons (Fsp3) is 0.261. The lowest BCUT2D eigenvalue weighted by Gasteiger charge is -2.33. The number of aromatic nitrogens is 2. The van der Waals surface area contributed by atoms with E-state index in [9.17, 15) is 14.0 Å². The van der Waals surface area contributed by atoms with Crippen molar-refractivity contribution in [2.45, 2.75) is 32.0 Å². The van der Waals surface area contributed by atoms with E-state index in [1.54, 1.807) is 4.90 Å². The van der Waals surface area contributed by atoms with Gasteiger partial charge in [-0.1, -0.05) is 30.3 Å². The summed E-state index contributed by atoms with van der Waals surface area (Å²) in [6.07, 6.45) is 0. The van der Waals surface area contributed by atoms with Crippen LogP contribution in [0.1, 0.15) is 47.1 Å². The summed E-state index contributed by atoms with van der Waals surface area (Å²) in [6, 6.07) is 14.2. The number of rotatable bonds is 5. The summed E-state index contributed by atoms with van der Waals surface area (Å²) in [5.74, 6) is -0.486. The van der Waals surface area contributed by atoms with Gasteiger partial charge in [-0.15, -0.1) is 0 Å². The second-order valence-corrected chi connectivity index (χ2v) is 8.18. The maximum absolute atomic E-state index is 13.2. The van der Waals surface area contributed by atoms with Crippen molar-refractivity contribution < 1.29 is 14.0 Å². The van der Waals surface area contributed by atoms with Gasteiger partial charge >= 0.3 is 6.03 Å². The molecular weight excluding hydrogens is 411 g/mol. The first kappa shape index (κ1) is 21.5. The summed E-state index contributed by atoms with van der Waals surface area (Å²) in [7, 11) is 0. The van der Waals surface area contributed by atoms with E-state index in [0.717, 1.165) is 16.8 Å². The van der Waals surface area contributed by atoms with Crippen molar-refractivity contribution in [3.05, 3.63) is 82.8 Å². The van der Waals surface area contributed by atoms with E-state index in [1.807, 2.05) is 44.2 Å². The Bertz CT molecular complexity index is 1130. The van der Waals surface area contributed by atoms with Gasteiger partial charge in [-0.25, -0.2) is 9.18 Å². The van der Waals surface area contributed by atoms with Gasteiger partial charge in [0.05, 0.1) is 23.8 Å². The molecule has 0 fully saturated rings. The van der Waals surface area contributed by atoms with Crippen molar-refractivity contribution in [3.63, 3.8) is 0 Å². The summed E-state index contributed by atoms with van der Waals surface area (Å²) >= 11 is 0. The highest BCUT2D eigenvalue weighted by Crippen LogP contribution is 2.40. The van der Waals surface area contributed by atoms with Crippen molar-refractivity contribution in [2.75, 3.05) is 11.9 Å². The number of carbonyl (C=O) groups is 2. The lowest BCUT2D eigenvalue weighted by Crippen LogP contribution is -2.48. The summed E-state index contributed by atoms with van der Waals surface area (Å²) in [5, 5.41) is 12.9. The van der Waals surface area contributed by atoms with Gasteiger partial charge in [0.2, 0.25) is 0 Å². The quantitative estimate of drug-likeness (QED) is 0.491. The number of fused-ring (bicyclic) bond motifs is 1. The number of nitrogens with zero attached hydrogens (tertiary/aromatic N) is 2. The van der Waals surface area contributed by atoms with Gasteiger partial charge in [-0.3, -0.25) is 9.89 Å². The van der Waals surface area contributed by atoms with E-state index in [4.69, 9.17) is 5.73 Å². The number of anilines is 1. The number of amides is 3. The SMILES string of the molecule is CC1(C)c2[nH]nc(NC(=O)c3ccc(F)cc3)c2CN1C(=O)N[C@H](CN)c1ccccc1. The molecule has 1 aliphatic rings. The molecule has 1 atom stereocenters. The van der Waals surface area contributed by atoms with Gasteiger partial charge in [-0.2, -0.15) is 5.10 Å². The predicted molar refractivity (Wildman–Crippen MR) is 118 cm³/mol. The average molecular weight is 436 g/mol. The summed E-state index contributed by atoms with van der Waals surface area (Å²) in [6.45, 7) is 4.33. The van der Waals surface area contributed by atoms with Gasteiger partial charge in [0.1, 0.15) is 5.82 Å². The van der Waals surface area contributed by atoms with Gasteiger partial charge in [0.15, 0.2) is 5.82 Å². The molecule has 0 saturated carbocycles. The molecule has 166 valence electrons. The summed E-state index contributed by atoms with van der Waals surface area (Å²) < 4.78 is 13.1. The number of nitrogens with two attached hydrogens (primary N) is 1. The van der Waals surface area contributed by atoms with Gasteiger partial charge in [-0.05, 0) is 43.7 Å². The Kier molecular flexibility index (Phi) is 5.67. The molecule has 3 aromatic rings. The van der Waals surface area contributed by atoms with Crippen LogP contribution in [0.25, 0.3) is 0 Å². The van der Waals surface area contributed by atoms with Crippen LogP contribution in [-0.4, -0.2) is 33.6 Å². The van der Waals surface area contributed by atoms with E-state index in [2.05, 4.69) is 20.8 Å². The zero-order valence-electron chi connectivity index (χ0n) is 17.9. The fourth-order valence-electron chi connectivity index (χ4n) is 3.92. The Hall–Kier alpha value is -3.72. The van der Waals surface area contributed by atoms with E-state index in [-0.39, 0.29) is 25.2 Å². The highest BCUT2D eigenvalue weighted by atomic mass is 19.1. The molecule has 2 heterocycles. The summed E-state index contributed by atoms with van der Waals surface area (Å²) in [4.78, 5) is 27.4. The fourth-order valence-corrected chi connectivity index (χ4v) is 3.92. The van der Waals surface area contributed by atoms with Crippen LogP contribution in [0.4, 0.5) is 15.0 Å². The van der Waals surface area contributed by atoms with Crippen LogP contribution in [0.2, 0.25) is 0 Å². The van der Waals surface area contributed by atoms with Gasteiger partial charge in [0, 0.05) is 17.7 Å². The zero-order chi connectivity index (χ0) is 22.9. The Balaban J connectivity index is 1.51. The average Bonchev–Trinajstić information content (AvgIpc) is 3.31. The molecule has 4 rings (SSSR count). The minimum absolute atomic E-state index is 0.260. The first-order chi connectivity index (χ1) is 15.3. The molecular formula is C23H25FN6O2. The number of H-pyrrole nitrogens is 1. The number of aromatic amines is 1. The van der Waals surface area contributed by atoms with Crippen LogP contribution in [-0.2, 0) is 12.1 Å². The monoisotopic (exact) mass is 436 g/mol. The molecule has 32 heavy (non-hydrogen) atoms. The van der Waals surface area contributed by atoms with Crippen LogP contribution in [0.3, 0.4) is 0 Å². The molecule has 0 aliphatic carbocycles. The topological polar surface area (TPSA) is 116 Å². The Morgan fingerprint density at radius 3 is 2.53 bits per heavy atom. The second kappa shape index (κ2) is 8.43. The van der Waals surface area contributed by atoms with Crippen LogP contribution >= 0.6 is 0 Å². The molecule has 3 amide bonds. The van der Waals surface area contributed by atoms with Crippen molar-refractivity contribution in [1.82, 2.24) is 20.4 Å². The largest absolute Gasteiger partial charge is 0.330 e. The molecule has 1 aromatic heterocycles. The predicted octanol–water partition coefficient (Wildman–Crippen LogP) is 3.26. The summed E-state index contributed by atoms with van der Waals surface area (Å²) in [5.41, 5.74) is 7.93. The minimum atomic E-state index is -0.679. The number of halogens is 1. The zero-order valence-corrected chi connectivity index (χ0v) is 17.9. The van der Waals surface area contributed by atoms with Crippen molar-refractivity contribution >= 4 is 17.8 Å². The molecule has 2 aromatic carbocycles. The number of benzene rings is 2. The molecule has 9 heteroatoms.